The van der Waals surface area contributed by atoms with Gasteiger partial charge in [0.25, 0.3) is 0 Å². The van der Waals surface area contributed by atoms with E-state index in [0.717, 1.165) is 0 Å². The Labute approximate surface area is 177 Å². The van der Waals surface area contributed by atoms with Crippen LogP contribution in [-0.2, 0) is 21.4 Å². The van der Waals surface area contributed by atoms with Crippen molar-refractivity contribution >= 4 is 27.5 Å². The summed E-state index contributed by atoms with van der Waals surface area (Å²) in [5.74, 6) is -1.09. The fourth-order valence-corrected chi connectivity index (χ4v) is 4.86. The Morgan fingerprint density at radius 1 is 1.10 bits per heavy atom. The molecule has 1 saturated heterocycles. The number of sulfonamides is 1. The second-order valence-electron chi connectivity index (χ2n) is 6.97. The molecule has 4 rings (SSSR count). The summed E-state index contributed by atoms with van der Waals surface area (Å²) in [6, 6.07) is 10.2. The molecule has 31 heavy (non-hydrogen) atoms. The van der Waals surface area contributed by atoms with Crippen LogP contribution < -0.4 is 10.5 Å². The Bertz CT molecular complexity index is 1260. The monoisotopic (exact) mass is 449 g/mol. The molecule has 1 amide bonds. The zero-order valence-corrected chi connectivity index (χ0v) is 17.3. The van der Waals surface area contributed by atoms with E-state index in [1.54, 1.807) is 12.1 Å². The minimum atomic E-state index is -3.79. The molecule has 0 atom stereocenters. The number of carbonyl (C=O) groups excluding carboxylic acids is 1. The van der Waals surface area contributed by atoms with Gasteiger partial charge in [0, 0.05) is 32.2 Å². The molecule has 3 aromatic rings. The number of amides is 1. The fraction of sp³-hybridized carbons (Fsp3) is 0.300. The van der Waals surface area contributed by atoms with E-state index in [9.17, 15) is 22.4 Å². The second-order valence-corrected chi connectivity index (χ2v) is 8.91. The van der Waals surface area contributed by atoms with Crippen molar-refractivity contribution in [3.05, 3.63) is 58.8 Å². The SMILES string of the molecule is O=CN1CCN(S(=O)(=O)c2ccc3c(c2)oc(=O)n3CCOc2ccccc2F)CC1. The van der Waals surface area contributed by atoms with Crippen LogP contribution in [0.5, 0.6) is 5.75 Å². The lowest BCUT2D eigenvalue weighted by molar-refractivity contribution is -0.119. The molecule has 0 saturated carbocycles. The van der Waals surface area contributed by atoms with E-state index < -0.39 is 21.6 Å². The third kappa shape index (κ3) is 4.19. The van der Waals surface area contributed by atoms with Crippen molar-refractivity contribution < 1.29 is 26.8 Å². The van der Waals surface area contributed by atoms with Crippen molar-refractivity contribution in [1.82, 2.24) is 13.8 Å². The molecule has 0 radical (unpaired) electrons. The third-order valence-electron chi connectivity index (χ3n) is 5.11. The standard InChI is InChI=1S/C20H20FN3O6S/c21-16-3-1-2-4-18(16)29-12-11-24-17-6-5-15(13-19(17)30-20(24)26)31(27,28)23-9-7-22(14-25)8-10-23/h1-6,13-14H,7-12H2. The van der Waals surface area contributed by atoms with Gasteiger partial charge in [-0.1, -0.05) is 12.1 Å². The van der Waals surface area contributed by atoms with E-state index in [1.807, 2.05) is 0 Å². The zero-order valence-electron chi connectivity index (χ0n) is 16.4. The van der Waals surface area contributed by atoms with Crippen molar-refractivity contribution in [1.29, 1.82) is 0 Å². The highest BCUT2D eigenvalue weighted by atomic mass is 32.2. The van der Waals surface area contributed by atoms with Crippen molar-refractivity contribution in [2.24, 2.45) is 0 Å². The molecule has 9 nitrogen and oxygen atoms in total. The maximum atomic E-state index is 13.6. The predicted molar refractivity (Wildman–Crippen MR) is 109 cm³/mol. The van der Waals surface area contributed by atoms with Crippen molar-refractivity contribution in [2.45, 2.75) is 11.4 Å². The van der Waals surface area contributed by atoms with Crippen LogP contribution >= 0.6 is 0 Å². The minimum Gasteiger partial charge on any atom is -0.489 e. The molecule has 1 aliphatic heterocycles. The first-order valence-corrected chi connectivity index (χ1v) is 11.0. The van der Waals surface area contributed by atoms with Crippen molar-refractivity contribution in [2.75, 3.05) is 32.8 Å². The lowest BCUT2D eigenvalue weighted by Crippen LogP contribution is -2.47. The lowest BCUT2D eigenvalue weighted by atomic mass is 10.3. The van der Waals surface area contributed by atoms with Crippen LogP contribution in [0, 0.1) is 5.82 Å². The van der Waals surface area contributed by atoms with Gasteiger partial charge in [-0.2, -0.15) is 4.31 Å². The van der Waals surface area contributed by atoms with Gasteiger partial charge >= 0.3 is 5.76 Å². The highest BCUT2D eigenvalue weighted by molar-refractivity contribution is 7.89. The normalized spacial score (nSPS) is 15.3. The molecule has 2 aromatic carbocycles. The maximum absolute atomic E-state index is 13.6. The van der Waals surface area contributed by atoms with E-state index in [1.165, 1.54) is 44.1 Å². The molecule has 0 unspecified atom stereocenters. The first-order chi connectivity index (χ1) is 14.9. The molecule has 164 valence electrons. The van der Waals surface area contributed by atoms with Crippen LogP contribution in [0.15, 0.2) is 56.6 Å². The van der Waals surface area contributed by atoms with Gasteiger partial charge in [-0.3, -0.25) is 9.36 Å². The van der Waals surface area contributed by atoms with E-state index in [0.29, 0.717) is 25.0 Å². The van der Waals surface area contributed by atoms with Crippen LogP contribution in [0.4, 0.5) is 4.39 Å². The number of hydrogen-bond acceptors (Lipinski definition) is 6. The van der Waals surface area contributed by atoms with Crippen molar-refractivity contribution in [3.8, 4) is 5.75 Å². The number of hydrogen-bond donors (Lipinski definition) is 0. The molecular formula is C20H20FN3O6S. The summed E-state index contributed by atoms with van der Waals surface area (Å²) in [6.45, 7) is 1.14. The van der Waals surface area contributed by atoms with E-state index in [-0.39, 0.29) is 42.5 Å². The molecule has 1 aliphatic rings. The summed E-state index contributed by atoms with van der Waals surface area (Å²) in [4.78, 5) is 24.6. The van der Waals surface area contributed by atoms with Gasteiger partial charge in [-0.05, 0) is 24.3 Å². The quantitative estimate of drug-likeness (QED) is 0.504. The first kappa shape index (κ1) is 21.1. The lowest BCUT2D eigenvalue weighted by Gasteiger charge is -2.31. The largest absolute Gasteiger partial charge is 0.489 e. The third-order valence-corrected chi connectivity index (χ3v) is 7.00. The number of nitrogens with zero attached hydrogens (tertiary/aromatic N) is 3. The Hall–Kier alpha value is -3.18. The predicted octanol–water partition coefficient (Wildman–Crippen LogP) is 1.28. The Morgan fingerprint density at radius 2 is 1.84 bits per heavy atom. The highest BCUT2D eigenvalue weighted by Crippen LogP contribution is 2.23. The average molecular weight is 449 g/mol. The number of para-hydroxylation sites is 1. The number of carbonyl (C=O) groups is 1. The number of halogens is 1. The van der Waals surface area contributed by atoms with Crippen LogP contribution in [-0.4, -0.2) is 61.4 Å². The van der Waals surface area contributed by atoms with Crippen LogP contribution in [0.2, 0.25) is 0 Å². The summed E-state index contributed by atoms with van der Waals surface area (Å²) in [6.07, 6.45) is 0.698. The average Bonchev–Trinajstić information content (AvgIpc) is 3.09. The first-order valence-electron chi connectivity index (χ1n) is 9.60. The molecule has 0 spiro atoms. The number of fused-ring (bicyclic) bond motifs is 1. The Balaban J connectivity index is 1.52. The minimum absolute atomic E-state index is 0.00283. The van der Waals surface area contributed by atoms with E-state index in [2.05, 4.69) is 0 Å². The summed E-state index contributed by atoms with van der Waals surface area (Å²) < 4.78 is 52.7. The van der Waals surface area contributed by atoms with Crippen LogP contribution in [0.3, 0.4) is 0 Å². The number of piperazine rings is 1. The molecule has 0 aliphatic carbocycles. The van der Waals surface area contributed by atoms with Crippen LogP contribution in [0.1, 0.15) is 0 Å². The molecule has 0 bridgehead atoms. The van der Waals surface area contributed by atoms with E-state index in [4.69, 9.17) is 9.15 Å². The van der Waals surface area contributed by atoms with Crippen LogP contribution in [0.25, 0.3) is 11.1 Å². The number of ether oxygens (including phenoxy) is 1. The molecule has 1 aromatic heterocycles. The van der Waals surface area contributed by atoms with Gasteiger partial charge in [0.15, 0.2) is 17.1 Å². The van der Waals surface area contributed by atoms with Crippen molar-refractivity contribution in [3.63, 3.8) is 0 Å². The number of benzene rings is 2. The van der Waals surface area contributed by atoms with Gasteiger partial charge in [0.2, 0.25) is 16.4 Å². The fourth-order valence-electron chi connectivity index (χ4n) is 3.43. The number of oxazole rings is 1. The topological polar surface area (TPSA) is 102 Å². The summed E-state index contributed by atoms with van der Waals surface area (Å²) in [5.41, 5.74) is 0.537. The molecular weight excluding hydrogens is 429 g/mol. The summed E-state index contributed by atoms with van der Waals surface area (Å²) >= 11 is 0. The smallest absolute Gasteiger partial charge is 0.420 e. The molecule has 11 heteroatoms. The summed E-state index contributed by atoms with van der Waals surface area (Å²) in [5, 5.41) is 0. The van der Waals surface area contributed by atoms with Gasteiger partial charge < -0.3 is 14.1 Å². The number of aromatic nitrogens is 1. The maximum Gasteiger partial charge on any atom is 0.420 e. The van der Waals surface area contributed by atoms with Gasteiger partial charge in [-0.15, -0.1) is 0 Å². The molecule has 1 fully saturated rings. The van der Waals surface area contributed by atoms with E-state index >= 15 is 0 Å². The molecule has 2 heterocycles. The number of rotatable bonds is 7. The Morgan fingerprint density at radius 3 is 2.55 bits per heavy atom. The van der Waals surface area contributed by atoms with Gasteiger partial charge in [-0.25, -0.2) is 17.6 Å². The van der Waals surface area contributed by atoms with Gasteiger partial charge in [0.1, 0.15) is 6.61 Å². The second kappa shape index (κ2) is 8.52. The molecule has 0 N–H and O–H groups in total. The van der Waals surface area contributed by atoms with Gasteiger partial charge in [0.05, 0.1) is 17.0 Å². The zero-order chi connectivity index (χ0) is 22.0. The summed E-state index contributed by atoms with van der Waals surface area (Å²) in [7, 11) is -3.79. The Kier molecular flexibility index (Phi) is 5.79. The highest BCUT2D eigenvalue weighted by Gasteiger charge is 2.28.